The first-order valence-corrected chi connectivity index (χ1v) is 3.01. The highest BCUT2D eigenvalue weighted by atomic mass is 16.6. The van der Waals surface area contributed by atoms with Crippen LogP contribution in [-0.4, -0.2) is 24.0 Å². The molecule has 0 heterocycles. The predicted molar refractivity (Wildman–Crippen MR) is 39.6 cm³/mol. The third-order valence-electron chi connectivity index (χ3n) is 0.842. The first-order valence-electron chi connectivity index (χ1n) is 3.01. The summed E-state index contributed by atoms with van der Waals surface area (Å²) >= 11 is 0. The molecule has 0 rings (SSSR count). The minimum Gasteiger partial charge on any atom is -0.396 e. The molecule has 0 radical (unpaired) electrons. The summed E-state index contributed by atoms with van der Waals surface area (Å²) in [6.07, 6.45) is 5.43. The molecule has 0 aliphatic rings. The van der Waals surface area contributed by atoms with Crippen molar-refractivity contribution in [1.29, 1.82) is 0 Å². The van der Waals surface area contributed by atoms with E-state index >= 15 is 0 Å². The first-order chi connectivity index (χ1) is 4.81. The molecule has 0 aliphatic carbocycles. The molecule has 10 heavy (non-hydrogen) atoms. The minimum absolute atomic E-state index is 0.0920. The fourth-order valence-corrected chi connectivity index (χ4v) is 0.387. The molecule has 3 nitrogen and oxygen atoms in total. The van der Waals surface area contributed by atoms with Crippen LogP contribution in [0.5, 0.6) is 0 Å². The number of nitrogens with zero attached hydrogens (tertiary/aromatic N) is 1. The fraction of sp³-hybridized carbons (Fsp3) is 0.571. The quantitative estimate of drug-likeness (QED) is 0.266. The molecular formula is C7H11NO2. The summed E-state index contributed by atoms with van der Waals surface area (Å²) in [5.41, 5.74) is 0.748. The van der Waals surface area contributed by atoms with Gasteiger partial charge in [0.1, 0.15) is 0 Å². The fourth-order valence-electron chi connectivity index (χ4n) is 0.387. The monoisotopic (exact) mass is 141 g/mol. The molecule has 0 bridgehead atoms. The molecule has 0 saturated heterocycles. The number of oxime groups is 1. The van der Waals surface area contributed by atoms with Crippen LogP contribution in [0.1, 0.15) is 13.3 Å². The van der Waals surface area contributed by atoms with Crippen LogP contribution in [0, 0.1) is 12.3 Å². The Labute approximate surface area is 60.7 Å². The largest absolute Gasteiger partial charge is 0.396 e. The van der Waals surface area contributed by atoms with Crippen LogP contribution in [0.25, 0.3) is 0 Å². The second-order valence-electron chi connectivity index (χ2n) is 1.78. The number of hydrogen-bond acceptors (Lipinski definition) is 3. The molecule has 0 unspecified atom stereocenters. The minimum atomic E-state index is 0.0920. The summed E-state index contributed by atoms with van der Waals surface area (Å²) in [5, 5.41) is 12.0. The van der Waals surface area contributed by atoms with Gasteiger partial charge in [-0.15, -0.1) is 6.42 Å². The molecule has 0 aromatic carbocycles. The van der Waals surface area contributed by atoms with E-state index in [-0.39, 0.29) is 13.2 Å². The zero-order chi connectivity index (χ0) is 7.82. The normalized spacial score (nSPS) is 10.7. The van der Waals surface area contributed by atoms with Crippen LogP contribution in [0.15, 0.2) is 5.16 Å². The molecular weight excluding hydrogens is 130 g/mol. The Balaban J connectivity index is 3.39. The van der Waals surface area contributed by atoms with E-state index in [1.807, 2.05) is 0 Å². The zero-order valence-corrected chi connectivity index (χ0v) is 6.00. The number of hydrogen-bond donors (Lipinski definition) is 1. The third-order valence-corrected chi connectivity index (χ3v) is 0.842. The van der Waals surface area contributed by atoms with E-state index in [4.69, 9.17) is 11.5 Å². The lowest BCUT2D eigenvalue weighted by Gasteiger charge is -1.95. The van der Waals surface area contributed by atoms with E-state index in [1.54, 1.807) is 6.92 Å². The summed E-state index contributed by atoms with van der Waals surface area (Å²) in [6, 6.07) is 0. The van der Waals surface area contributed by atoms with E-state index in [9.17, 15) is 0 Å². The van der Waals surface area contributed by atoms with Crippen molar-refractivity contribution in [2.75, 3.05) is 13.2 Å². The Hall–Kier alpha value is -1.01. The van der Waals surface area contributed by atoms with Crippen molar-refractivity contribution in [3.8, 4) is 12.3 Å². The first kappa shape index (κ1) is 8.99. The van der Waals surface area contributed by atoms with E-state index in [2.05, 4.69) is 15.9 Å². The van der Waals surface area contributed by atoms with Gasteiger partial charge in [-0.2, -0.15) is 0 Å². The molecule has 0 fully saturated rings. The van der Waals surface area contributed by atoms with E-state index in [0.717, 1.165) is 5.71 Å². The van der Waals surface area contributed by atoms with Crippen molar-refractivity contribution in [2.24, 2.45) is 5.16 Å². The molecule has 0 aromatic rings. The molecule has 56 valence electrons. The van der Waals surface area contributed by atoms with Crippen molar-refractivity contribution in [3.63, 3.8) is 0 Å². The zero-order valence-electron chi connectivity index (χ0n) is 6.00. The van der Waals surface area contributed by atoms with Gasteiger partial charge in [-0.1, -0.05) is 11.1 Å². The molecule has 0 aliphatic heterocycles. The van der Waals surface area contributed by atoms with Crippen LogP contribution in [-0.2, 0) is 4.84 Å². The molecule has 1 N–H and O–H groups in total. The van der Waals surface area contributed by atoms with Gasteiger partial charge in [0.2, 0.25) is 0 Å². The van der Waals surface area contributed by atoms with Crippen LogP contribution in [0.2, 0.25) is 0 Å². The molecule has 3 heteroatoms. The van der Waals surface area contributed by atoms with Crippen molar-refractivity contribution < 1.29 is 9.94 Å². The summed E-state index contributed by atoms with van der Waals surface area (Å²) < 4.78 is 0. The average Bonchev–Trinajstić information content (AvgIpc) is 1.89. The van der Waals surface area contributed by atoms with Crippen molar-refractivity contribution in [3.05, 3.63) is 0 Å². The van der Waals surface area contributed by atoms with Gasteiger partial charge in [0.25, 0.3) is 0 Å². The SMILES string of the molecule is C#CCO/N=C(\C)CCO. The Morgan fingerprint density at radius 1 is 1.80 bits per heavy atom. The lowest BCUT2D eigenvalue weighted by molar-refractivity contribution is 0.178. The molecule has 0 aromatic heterocycles. The average molecular weight is 141 g/mol. The lowest BCUT2D eigenvalue weighted by Crippen LogP contribution is -1.96. The van der Waals surface area contributed by atoms with Gasteiger partial charge >= 0.3 is 0 Å². The highest BCUT2D eigenvalue weighted by Gasteiger charge is 1.88. The number of terminal acetylenes is 1. The Morgan fingerprint density at radius 2 is 2.50 bits per heavy atom. The van der Waals surface area contributed by atoms with Crippen molar-refractivity contribution in [2.45, 2.75) is 13.3 Å². The smallest absolute Gasteiger partial charge is 0.177 e. The standard InChI is InChI=1S/C7H11NO2/c1-3-6-10-8-7(2)4-5-9/h1,9H,4-6H2,2H3/b8-7+. The maximum absolute atomic E-state index is 8.42. The summed E-state index contributed by atoms with van der Waals surface area (Å²) in [4.78, 5) is 4.64. The Bertz CT molecular complexity index is 146. The van der Waals surface area contributed by atoms with E-state index < -0.39 is 0 Å². The van der Waals surface area contributed by atoms with Crippen molar-refractivity contribution >= 4 is 5.71 Å². The van der Waals surface area contributed by atoms with Crippen LogP contribution in [0.4, 0.5) is 0 Å². The molecule has 0 amide bonds. The number of aliphatic hydroxyl groups is 1. The van der Waals surface area contributed by atoms with Gasteiger partial charge < -0.3 is 9.94 Å². The Kier molecular flexibility index (Phi) is 5.50. The van der Waals surface area contributed by atoms with Crippen molar-refractivity contribution in [1.82, 2.24) is 0 Å². The highest BCUT2D eigenvalue weighted by Crippen LogP contribution is 1.85. The van der Waals surface area contributed by atoms with E-state index in [1.165, 1.54) is 0 Å². The van der Waals surface area contributed by atoms with Gasteiger partial charge in [-0.25, -0.2) is 0 Å². The molecule has 0 atom stereocenters. The second-order valence-corrected chi connectivity index (χ2v) is 1.78. The maximum atomic E-state index is 8.42. The highest BCUT2D eigenvalue weighted by molar-refractivity contribution is 5.81. The van der Waals surface area contributed by atoms with Gasteiger partial charge in [0, 0.05) is 13.0 Å². The van der Waals surface area contributed by atoms with Crippen LogP contribution >= 0.6 is 0 Å². The lowest BCUT2D eigenvalue weighted by atomic mass is 10.3. The number of aliphatic hydroxyl groups excluding tert-OH is 1. The van der Waals surface area contributed by atoms with Crippen LogP contribution < -0.4 is 0 Å². The van der Waals surface area contributed by atoms with Gasteiger partial charge in [0.15, 0.2) is 6.61 Å². The third kappa shape index (κ3) is 5.13. The molecule has 0 saturated carbocycles. The topological polar surface area (TPSA) is 41.8 Å². The second kappa shape index (κ2) is 6.12. The predicted octanol–water partition coefficient (Wildman–Crippen LogP) is 0.395. The summed E-state index contributed by atoms with van der Waals surface area (Å²) in [6.45, 7) is 2.05. The van der Waals surface area contributed by atoms with Crippen LogP contribution in [0.3, 0.4) is 0 Å². The molecule has 0 spiro atoms. The maximum Gasteiger partial charge on any atom is 0.177 e. The summed E-state index contributed by atoms with van der Waals surface area (Å²) in [7, 11) is 0. The number of rotatable bonds is 4. The van der Waals surface area contributed by atoms with Gasteiger partial charge in [-0.05, 0) is 6.92 Å². The van der Waals surface area contributed by atoms with Gasteiger partial charge in [-0.3, -0.25) is 0 Å². The summed E-state index contributed by atoms with van der Waals surface area (Å²) in [5.74, 6) is 2.27. The van der Waals surface area contributed by atoms with Gasteiger partial charge in [0.05, 0.1) is 5.71 Å². The van der Waals surface area contributed by atoms with E-state index in [0.29, 0.717) is 6.42 Å². The Morgan fingerprint density at radius 3 is 3.00 bits per heavy atom.